The number of ether oxygens (including phenoxy) is 1. The summed E-state index contributed by atoms with van der Waals surface area (Å²) in [5, 5.41) is 0. The summed E-state index contributed by atoms with van der Waals surface area (Å²) in [7, 11) is 0. The monoisotopic (exact) mass is 364 g/mol. The molecule has 1 saturated heterocycles. The molecule has 0 aromatic carbocycles. The van der Waals surface area contributed by atoms with Gasteiger partial charge in [0.05, 0.1) is 25.5 Å². The van der Waals surface area contributed by atoms with Crippen LogP contribution in [0.25, 0.3) is 0 Å². The predicted molar refractivity (Wildman–Crippen MR) is 99.5 cm³/mol. The lowest BCUT2D eigenvalue weighted by Crippen LogP contribution is -2.45. The maximum Gasteiger partial charge on any atom is 0.242 e. The van der Waals surface area contributed by atoms with E-state index >= 15 is 0 Å². The van der Waals surface area contributed by atoms with E-state index in [0.29, 0.717) is 26.1 Å². The molecule has 2 heterocycles. The van der Waals surface area contributed by atoms with Crippen LogP contribution in [-0.4, -0.2) is 54.0 Å². The van der Waals surface area contributed by atoms with E-state index in [-0.39, 0.29) is 24.5 Å². The van der Waals surface area contributed by atoms with E-state index in [0.717, 1.165) is 44.5 Å². The fourth-order valence-electron chi connectivity index (χ4n) is 3.19. The van der Waals surface area contributed by atoms with Crippen molar-refractivity contribution in [2.75, 3.05) is 26.2 Å². The Bertz CT molecular complexity index is 538. The summed E-state index contributed by atoms with van der Waals surface area (Å²) in [5.74, 6) is 0.767. The summed E-state index contributed by atoms with van der Waals surface area (Å²) in [6.07, 6.45) is 6.87. The maximum atomic E-state index is 13.0. The standard InChI is InChI=1S/C20H32N2O4/c1-3-5-10-19(23)21(11-4-2)16-20(24)22(14-17-8-6-12-25-17)15-18-9-7-13-26-18/h6,8,12,18H,3-5,7,9-11,13-16H2,1-2H3/t18-/m1/s1. The highest BCUT2D eigenvalue weighted by molar-refractivity contribution is 5.84. The first kappa shape index (κ1) is 20.5. The second-order valence-corrected chi connectivity index (χ2v) is 6.91. The van der Waals surface area contributed by atoms with E-state index in [9.17, 15) is 9.59 Å². The molecule has 146 valence electrons. The second kappa shape index (κ2) is 11.0. The zero-order valence-corrected chi connectivity index (χ0v) is 16.1. The third-order valence-electron chi connectivity index (χ3n) is 4.64. The van der Waals surface area contributed by atoms with Crippen molar-refractivity contribution in [3.63, 3.8) is 0 Å². The molecule has 2 rings (SSSR count). The number of carbonyl (C=O) groups excluding carboxylic acids is 2. The molecular formula is C20H32N2O4. The van der Waals surface area contributed by atoms with Gasteiger partial charge in [-0.05, 0) is 37.8 Å². The zero-order valence-electron chi connectivity index (χ0n) is 16.1. The van der Waals surface area contributed by atoms with Crippen molar-refractivity contribution < 1.29 is 18.7 Å². The SMILES string of the molecule is CCCCC(=O)N(CCC)CC(=O)N(Cc1ccco1)C[C@H]1CCCO1. The minimum absolute atomic E-state index is 0.0461. The van der Waals surface area contributed by atoms with Gasteiger partial charge in [0.15, 0.2) is 0 Å². The van der Waals surface area contributed by atoms with Gasteiger partial charge in [-0.2, -0.15) is 0 Å². The largest absolute Gasteiger partial charge is 0.467 e. The van der Waals surface area contributed by atoms with Crippen LogP contribution in [-0.2, 0) is 20.9 Å². The summed E-state index contributed by atoms with van der Waals surface area (Å²) in [6.45, 7) is 6.54. The van der Waals surface area contributed by atoms with Gasteiger partial charge < -0.3 is 19.0 Å². The average molecular weight is 364 g/mol. The summed E-state index contributed by atoms with van der Waals surface area (Å²) >= 11 is 0. The van der Waals surface area contributed by atoms with Crippen LogP contribution in [0.4, 0.5) is 0 Å². The van der Waals surface area contributed by atoms with Crippen LogP contribution in [0, 0.1) is 0 Å². The van der Waals surface area contributed by atoms with Gasteiger partial charge in [-0.3, -0.25) is 9.59 Å². The number of amides is 2. The van der Waals surface area contributed by atoms with Crippen molar-refractivity contribution in [1.82, 2.24) is 9.80 Å². The smallest absolute Gasteiger partial charge is 0.242 e. The minimum Gasteiger partial charge on any atom is -0.467 e. The average Bonchev–Trinajstić information content (AvgIpc) is 3.32. The van der Waals surface area contributed by atoms with E-state index in [1.54, 1.807) is 16.1 Å². The molecule has 1 fully saturated rings. The molecule has 0 bridgehead atoms. The van der Waals surface area contributed by atoms with E-state index < -0.39 is 0 Å². The molecule has 0 spiro atoms. The fraction of sp³-hybridized carbons (Fsp3) is 0.700. The van der Waals surface area contributed by atoms with Gasteiger partial charge >= 0.3 is 0 Å². The quantitative estimate of drug-likeness (QED) is 0.605. The Morgan fingerprint density at radius 2 is 2.04 bits per heavy atom. The van der Waals surface area contributed by atoms with Crippen LogP contribution in [0.5, 0.6) is 0 Å². The molecule has 1 aliphatic heterocycles. The van der Waals surface area contributed by atoms with Crippen molar-refractivity contribution in [2.24, 2.45) is 0 Å². The van der Waals surface area contributed by atoms with Crippen LogP contribution in [0.2, 0.25) is 0 Å². The number of unbranched alkanes of at least 4 members (excludes halogenated alkanes) is 1. The van der Waals surface area contributed by atoms with Gasteiger partial charge in [0.25, 0.3) is 0 Å². The van der Waals surface area contributed by atoms with Crippen molar-refractivity contribution in [2.45, 2.75) is 65.0 Å². The molecule has 0 N–H and O–H groups in total. The van der Waals surface area contributed by atoms with Crippen molar-refractivity contribution in [1.29, 1.82) is 0 Å². The summed E-state index contributed by atoms with van der Waals surface area (Å²) < 4.78 is 11.1. The second-order valence-electron chi connectivity index (χ2n) is 6.91. The van der Waals surface area contributed by atoms with Gasteiger partial charge in [-0.25, -0.2) is 0 Å². The predicted octanol–water partition coefficient (Wildman–Crippen LogP) is 3.22. The molecule has 2 amide bonds. The molecule has 6 nitrogen and oxygen atoms in total. The Balaban J connectivity index is 2.00. The molecule has 0 saturated carbocycles. The number of nitrogens with zero attached hydrogens (tertiary/aromatic N) is 2. The Labute approximate surface area is 156 Å². The molecule has 0 aliphatic carbocycles. The number of rotatable bonds is 11. The Morgan fingerprint density at radius 3 is 2.65 bits per heavy atom. The van der Waals surface area contributed by atoms with Crippen LogP contribution < -0.4 is 0 Å². The van der Waals surface area contributed by atoms with E-state index in [2.05, 4.69) is 6.92 Å². The summed E-state index contributed by atoms with van der Waals surface area (Å²) in [6, 6.07) is 3.69. The van der Waals surface area contributed by atoms with Crippen molar-refractivity contribution >= 4 is 11.8 Å². The topological polar surface area (TPSA) is 63.0 Å². The molecular weight excluding hydrogens is 332 g/mol. The number of furan rings is 1. The van der Waals surface area contributed by atoms with Gasteiger partial charge in [0.1, 0.15) is 5.76 Å². The lowest BCUT2D eigenvalue weighted by atomic mass is 10.2. The first-order valence-electron chi connectivity index (χ1n) is 9.83. The first-order chi connectivity index (χ1) is 12.6. The highest BCUT2D eigenvalue weighted by Crippen LogP contribution is 2.16. The van der Waals surface area contributed by atoms with Crippen LogP contribution in [0.1, 0.15) is 58.1 Å². The number of hydrogen-bond acceptors (Lipinski definition) is 4. The zero-order chi connectivity index (χ0) is 18.8. The van der Waals surface area contributed by atoms with Gasteiger partial charge in [0, 0.05) is 26.1 Å². The number of carbonyl (C=O) groups is 2. The van der Waals surface area contributed by atoms with E-state index in [1.165, 1.54) is 0 Å². The number of hydrogen-bond donors (Lipinski definition) is 0. The van der Waals surface area contributed by atoms with Crippen molar-refractivity contribution in [3.8, 4) is 0 Å². The maximum absolute atomic E-state index is 13.0. The lowest BCUT2D eigenvalue weighted by Gasteiger charge is -2.28. The molecule has 26 heavy (non-hydrogen) atoms. The van der Waals surface area contributed by atoms with Crippen molar-refractivity contribution in [3.05, 3.63) is 24.2 Å². The third kappa shape index (κ3) is 6.48. The minimum atomic E-state index is -0.0461. The van der Waals surface area contributed by atoms with E-state index in [4.69, 9.17) is 9.15 Å². The summed E-state index contributed by atoms with van der Waals surface area (Å²) in [5.41, 5.74) is 0. The molecule has 0 unspecified atom stereocenters. The van der Waals surface area contributed by atoms with Gasteiger partial charge in [-0.1, -0.05) is 20.3 Å². The molecule has 1 aromatic rings. The third-order valence-corrected chi connectivity index (χ3v) is 4.64. The van der Waals surface area contributed by atoms with Gasteiger partial charge in [-0.15, -0.1) is 0 Å². The van der Waals surface area contributed by atoms with Crippen LogP contribution in [0.15, 0.2) is 22.8 Å². The molecule has 1 aliphatic rings. The normalized spacial score (nSPS) is 16.6. The summed E-state index contributed by atoms with van der Waals surface area (Å²) in [4.78, 5) is 28.8. The molecule has 1 atom stereocenters. The van der Waals surface area contributed by atoms with Gasteiger partial charge in [0.2, 0.25) is 11.8 Å². The molecule has 0 radical (unpaired) electrons. The Hall–Kier alpha value is -1.82. The lowest BCUT2D eigenvalue weighted by molar-refractivity contribution is -0.142. The Kier molecular flexibility index (Phi) is 8.68. The fourth-order valence-corrected chi connectivity index (χ4v) is 3.19. The van der Waals surface area contributed by atoms with Crippen LogP contribution >= 0.6 is 0 Å². The first-order valence-corrected chi connectivity index (χ1v) is 9.83. The highest BCUT2D eigenvalue weighted by Gasteiger charge is 2.25. The Morgan fingerprint density at radius 1 is 1.19 bits per heavy atom. The molecule has 6 heteroatoms. The van der Waals surface area contributed by atoms with E-state index in [1.807, 2.05) is 19.1 Å². The highest BCUT2D eigenvalue weighted by atomic mass is 16.5. The van der Waals surface area contributed by atoms with Crippen LogP contribution in [0.3, 0.4) is 0 Å². The molecule has 1 aromatic heterocycles.